The minimum Gasteiger partial charge on any atom is -0.445 e. The van der Waals surface area contributed by atoms with Crippen LogP contribution in [0.4, 0.5) is 10.5 Å². The summed E-state index contributed by atoms with van der Waals surface area (Å²) in [5, 5.41) is 3.19. The van der Waals surface area contributed by atoms with Crippen LogP contribution >= 0.6 is 15.9 Å². The Balaban J connectivity index is 1.37. The van der Waals surface area contributed by atoms with Crippen molar-refractivity contribution in [1.82, 2.24) is 5.32 Å². The Hall–Kier alpha value is -3.83. The quantitative estimate of drug-likeness (QED) is 0.274. The molecule has 0 fully saturated rings. The summed E-state index contributed by atoms with van der Waals surface area (Å²) in [6, 6.07) is 35.2. The van der Waals surface area contributed by atoms with Gasteiger partial charge >= 0.3 is 6.09 Å². The fourth-order valence-corrected chi connectivity index (χ4v) is 5.70. The number of anilines is 1. The van der Waals surface area contributed by atoms with E-state index in [4.69, 9.17) is 4.74 Å². The number of amides is 1. The molecule has 2 aliphatic rings. The maximum atomic E-state index is 13.0. The Morgan fingerprint density at radius 3 is 2.38 bits per heavy atom. The largest absolute Gasteiger partial charge is 0.445 e. The Kier molecular flexibility index (Phi) is 6.54. The van der Waals surface area contributed by atoms with Gasteiger partial charge in [0.05, 0.1) is 17.8 Å². The van der Waals surface area contributed by atoms with Crippen molar-refractivity contribution in [3.05, 3.63) is 141 Å². The van der Waals surface area contributed by atoms with Crippen molar-refractivity contribution < 1.29 is 9.53 Å². The third kappa shape index (κ3) is 4.79. The first-order valence-electron chi connectivity index (χ1n) is 12.6. The Morgan fingerprint density at radius 2 is 1.62 bits per heavy atom. The molecular formula is C32H27BrN2O2. The minimum atomic E-state index is -0.399. The molecule has 6 rings (SSSR count). The van der Waals surface area contributed by atoms with Gasteiger partial charge in [-0.1, -0.05) is 113 Å². The maximum Gasteiger partial charge on any atom is 0.407 e. The number of para-hydroxylation sites is 1. The zero-order chi connectivity index (χ0) is 25.2. The second kappa shape index (κ2) is 10.3. The van der Waals surface area contributed by atoms with Crippen molar-refractivity contribution in [2.24, 2.45) is 0 Å². The molecule has 0 bridgehead atoms. The molecule has 0 saturated carbocycles. The van der Waals surface area contributed by atoms with Gasteiger partial charge in [-0.2, -0.15) is 0 Å². The van der Waals surface area contributed by atoms with E-state index in [0.717, 1.165) is 28.4 Å². The fraction of sp³-hybridized carbons (Fsp3) is 0.156. The number of rotatable bonds is 5. The van der Waals surface area contributed by atoms with Gasteiger partial charge in [0.1, 0.15) is 6.61 Å². The minimum absolute atomic E-state index is 0.0490. The van der Waals surface area contributed by atoms with Gasteiger partial charge in [0, 0.05) is 10.2 Å². The average molecular weight is 551 g/mol. The molecule has 0 spiro atoms. The van der Waals surface area contributed by atoms with E-state index in [0.29, 0.717) is 0 Å². The van der Waals surface area contributed by atoms with Crippen LogP contribution in [0.3, 0.4) is 0 Å². The lowest BCUT2D eigenvalue weighted by Gasteiger charge is -2.46. The van der Waals surface area contributed by atoms with Crippen LogP contribution in [0.1, 0.15) is 46.3 Å². The molecule has 37 heavy (non-hydrogen) atoms. The van der Waals surface area contributed by atoms with E-state index in [2.05, 4.69) is 105 Å². The topological polar surface area (TPSA) is 41.6 Å². The first kappa shape index (κ1) is 23.6. The molecule has 0 aliphatic carbocycles. The number of nitrogens with zero attached hydrogens (tertiary/aromatic N) is 1. The number of hydrogen-bond donors (Lipinski definition) is 1. The van der Waals surface area contributed by atoms with E-state index in [1.807, 2.05) is 30.3 Å². The highest BCUT2D eigenvalue weighted by atomic mass is 79.9. The predicted molar refractivity (Wildman–Crippen MR) is 151 cm³/mol. The number of benzene rings is 4. The van der Waals surface area contributed by atoms with E-state index in [1.54, 1.807) is 0 Å². The lowest BCUT2D eigenvalue weighted by atomic mass is 9.82. The van der Waals surface area contributed by atoms with Gasteiger partial charge < -0.3 is 15.0 Å². The molecule has 4 nitrogen and oxygen atoms in total. The SMILES string of the molecule is O=C(N[C@H]1C[C@@H](c2ccc(Br)cc2)N2C(c3ccccc3)=CCc3cccc1c32)OCc1ccccc1. The number of carbonyl (C=O) groups is 1. The molecule has 4 aromatic rings. The van der Waals surface area contributed by atoms with Gasteiger partial charge in [0.25, 0.3) is 0 Å². The molecule has 2 aliphatic heterocycles. The maximum absolute atomic E-state index is 13.0. The van der Waals surface area contributed by atoms with E-state index in [-0.39, 0.29) is 18.7 Å². The highest BCUT2D eigenvalue weighted by Gasteiger charge is 2.39. The van der Waals surface area contributed by atoms with Crippen LogP contribution in [0.2, 0.25) is 0 Å². The molecule has 0 aromatic heterocycles. The highest BCUT2D eigenvalue weighted by Crippen LogP contribution is 2.51. The number of alkyl carbamates (subject to hydrolysis) is 1. The van der Waals surface area contributed by atoms with Crippen LogP contribution in [0.25, 0.3) is 5.70 Å². The molecule has 184 valence electrons. The number of ether oxygens (including phenoxy) is 1. The smallest absolute Gasteiger partial charge is 0.407 e. The summed E-state index contributed by atoms with van der Waals surface area (Å²) in [5.74, 6) is 0. The average Bonchev–Trinajstić information content (AvgIpc) is 2.95. The number of allylic oxidation sites excluding steroid dienone is 1. The normalized spacial score (nSPS) is 18.0. The summed E-state index contributed by atoms with van der Waals surface area (Å²) in [6.07, 6.45) is 3.50. The van der Waals surface area contributed by atoms with E-state index in [9.17, 15) is 4.79 Å². The second-order valence-electron chi connectivity index (χ2n) is 9.45. The van der Waals surface area contributed by atoms with E-state index >= 15 is 0 Å². The Bertz CT molecular complexity index is 1440. The molecule has 1 amide bonds. The van der Waals surface area contributed by atoms with E-state index < -0.39 is 6.09 Å². The molecule has 0 radical (unpaired) electrons. The summed E-state index contributed by atoms with van der Waals surface area (Å²) in [7, 11) is 0. The molecule has 2 heterocycles. The van der Waals surface area contributed by atoms with Crippen molar-refractivity contribution >= 4 is 33.4 Å². The highest BCUT2D eigenvalue weighted by molar-refractivity contribution is 9.10. The van der Waals surface area contributed by atoms with Crippen LogP contribution in [0.5, 0.6) is 0 Å². The summed E-state index contributed by atoms with van der Waals surface area (Å²) in [5.41, 5.74) is 8.16. The number of hydrogen-bond acceptors (Lipinski definition) is 3. The number of carbonyl (C=O) groups excluding carboxylic acids is 1. The van der Waals surface area contributed by atoms with Crippen LogP contribution in [-0.2, 0) is 17.8 Å². The van der Waals surface area contributed by atoms with Crippen LogP contribution in [0.15, 0.2) is 114 Å². The molecule has 0 saturated heterocycles. The van der Waals surface area contributed by atoms with Gasteiger partial charge in [0.15, 0.2) is 0 Å². The van der Waals surface area contributed by atoms with E-state index in [1.165, 1.54) is 28.1 Å². The lowest BCUT2D eigenvalue weighted by molar-refractivity contribution is 0.134. The second-order valence-corrected chi connectivity index (χ2v) is 10.4. The van der Waals surface area contributed by atoms with Crippen LogP contribution in [0, 0.1) is 0 Å². The molecule has 2 atom stereocenters. The monoisotopic (exact) mass is 550 g/mol. The Labute approximate surface area is 225 Å². The molecule has 5 heteroatoms. The van der Waals surface area contributed by atoms with Crippen molar-refractivity contribution in [2.75, 3.05) is 4.90 Å². The summed E-state index contributed by atoms with van der Waals surface area (Å²) >= 11 is 3.58. The van der Waals surface area contributed by atoms with Crippen molar-refractivity contribution in [3.63, 3.8) is 0 Å². The van der Waals surface area contributed by atoms with Crippen LogP contribution < -0.4 is 10.2 Å². The van der Waals surface area contributed by atoms with Gasteiger partial charge in [-0.05, 0) is 52.8 Å². The number of nitrogens with one attached hydrogen (secondary N) is 1. The summed E-state index contributed by atoms with van der Waals surface area (Å²) < 4.78 is 6.66. The van der Waals surface area contributed by atoms with Crippen molar-refractivity contribution in [2.45, 2.75) is 31.5 Å². The van der Waals surface area contributed by atoms with Gasteiger partial charge in [-0.25, -0.2) is 4.79 Å². The van der Waals surface area contributed by atoms with Gasteiger partial charge in [0.2, 0.25) is 0 Å². The molecule has 0 unspecified atom stereocenters. The number of halogens is 1. The standard InChI is InChI=1S/C32H27BrN2O2/c33-26-17-14-24(15-18-26)30-20-28(34-32(36)37-21-22-8-3-1-4-9-22)27-13-7-12-25-16-19-29(35(30)31(25)27)23-10-5-2-6-11-23/h1-15,17-19,28,30H,16,20-21H2,(H,34,36)/t28-,30-/m0/s1. The zero-order valence-electron chi connectivity index (χ0n) is 20.3. The lowest BCUT2D eigenvalue weighted by Crippen LogP contribution is -2.41. The van der Waals surface area contributed by atoms with Crippen molar-refractivity contribution in [1.29, 1.82) is 0 Å². The molecule has 1 N–H and O–H groups in total. The van der Waals surface area contributed by atoms with Crippen molar-refractivity contribution in [3.8, 4) is 0 Å². The fourth-order valence-electron chi connectivity index (χ4n) is 5.44. The molecular weight excluding hydrogens is 524 g/mol. The van der Waals surface area contributed by atoms with Crippen LogP contribution in [-0.4, -0.2) is 6.09 Å². The molecule has 4 aromatic carbocycles. The Morgan fingerprint density at radius 1 is 0.892 bits per heavy atom. The van der Waals surface area contributed by atoms with Gasteiger partial charge in [-0.15, -0.1) is 0 Å². The zero-order valence-corrected chi connectivity index (χ0v) is 21.9. The summed E-state index contributed by atoms with van der Waals surface area (Å²) in [6.45, 7) is 0.245. The predicted octanol–water partition coefficient (Wildman–Crippen LogP) is 7.97. The first-order chi connectivity index (χ1) is 18.2. The third-order valence-electron chi connectivity index (χ3n) is 7.14. The first-order valence-corrected chi connectivity index (χ1v) is 13.4. The third-order valence-corrected chi connectivity index (χ3v) is 7.67. The summed E-state index contributed by atoms with van der Waals surface area (Å²) in [4.78, 5) is 15.4. The van der Waals surface area contributed by atoms with Gasteiger partial charge in [-0.3, -0.25) is 0 Å².